The Morgan fingerprint density at radius 2 is 0.800 bits per heavy atom. The average molecular weight is 378 g/mol. The summed E-state index contributed by atoms with van der Waals surface area (Å²) in [5, 5.41) is 76.1. The fourth-order valence-corrected chi connectivity index (χ4v) is 3.49. The molecular weight excluding hydrogens is 376 g/mol. The molecule has 0 amide bonds. The Morgan fingerprint density at radius 3 is 1.07 bits per heavy atom. The van der Waals surface area contributed by atoms with Crippen LogP contribution in [0.25, 0.3) is 22.3 Å². The van der Waals surface area contributed by atoms with Gasteiger partial charge in [-0.3, -0.25) is 0 Å². The molecule has 3 rings (SSSR count). The molecule has 0 bridgehead atoms. The molecular formula is C22H2N8. The topological polar surface area (TPSA) is 190 Å². The molecule has 0 heterocycles. The van der Waals surface area contributed by atoms with Crippen LogP contribution in [0, 0.1) is 90.6 Å². The predicted octanol–water partition coefficient (Wildman–Crippen LogP) is 2.87. The monoisotopic (exact) mass is 378 g/mol. The van der Waals surface area contributed by atoms with Crippen molar-refractivity contribution in [2.75, 3.05) is 0 Å². The Labute approximate surface area is 170 Å². The number of hydrogen-bond acceptors (Lipinski definition) is 8. The smallest absolute Gasteiger partial charge is 0.137 e. The molecule has 0 fully saturated rings. The SMILES string of the molecule is N#CC1=CC(=C(C#N)C#N)c2c(C#N)c3c(c(C#N)c21)C(C#N)=CC3=C(C#N)C#N. The molecule has 0 saturated heterocycles. The van der Waals surface area contributed by atoms with Crippen molar-refractivity contribution >= 4 is 22.3 Å². The molecule has 8 heteroatoms. The van der Waals surface area contributed by atoms with Gasteiger partial charge in [-0.2, -0.15) is 42.1 Å². The molecule has 130 valence electrons. The van der Waals surface area contributed by atoms with Gasteiger partial charge in [0.25, 0.3) is 0 Å². The summed E-state index contributed by atoms with van der Waals surface area (Å²) in [6.45, 7) is 0. The van der Waals surface area contributed by atoms with Gasteiger partial charge < -0.3 is 0 Å². The van der Waals surface area contributed by atoms with Crippen LogP contribution in [0.2, 0.25) is 0 Å². The van der Waals surface area contributed by atoms with Crippen molar-refractivity contribution in [2.45, 2.75) is 0 Å². The van der Waals surface area contributed by atoms with Crippen molar-refractivity contribution in [3.05, 3.63) is 56.7 Å². The Balaban J connectivity index is 2.74. The number of benzene rings is 1. The minimum atomic E-state index is -0.375. The number of fused-ring (bicyclic) bond motifs is 2. The number of allylic oxidation sites excluding steroid dienone is 8. The van der Waals surface area contributed by atoms with Gasteiger partial charge in [0.2, 0.25) is 0 Å². The molecule has 2 aliphatic rings. The summed E-state index contributed by atoms with van der Waals surface area (Å²) in [6.07, 6.45) is 2.47. The lowest BCUT2D eigenvalue weighted by Crippen LogP contribution is -2.04. The molecule has 0 aromatic heterocycles. The summed E-state index contributed by atoms with van der Waals surface area (Å²) in [4.78, 5) is 0. The van der Waals surface area contributed by atoms with E-state index in [2.05, 4.69) is 0 Å². The summed E-state index contributed by atoms with van der Waals surface area (Å²) in [5.41, 5.74) is -1.02. The normalized spacial score (nSPS) is 12.0. The zero-order chi connectivity index (χ0) is 22.0. The van der Waals surface area contributed by atoms with Crippen LogP contribution in [0.5, 0.6) is 0 Å². The van der Waals surface area contributed by atoms with E-state index < -0.39 is 0 Å². The van der Waals surface area contributed by atoms with Crippen molar-refractivity contribution in [3.63, 3.8) is 0 Å². The van der Waals surface area contributed by atoms with Gasteiger partial charge in [-0.05, 0) is 12.2 Å². The number of hydrogen-bond donors (Lipinski definition) is 0. The van der Waals surface area contributed by atoms with Crippen molar-refractivity contribution in [2.24, 2.45) is 0 Å². The van der Waals surface area contributed by atoms with Crippen molar-refractivity contribution in [1.82, 2.24) is 0 Å². The fraction of sp³-hybridized carbons (Fsp3) is 0. The molecule has 0 spiro atoms. The van der Waals surface area contributed by atoms with Gasteiger partial charge in [-0.1, -0.05) is 0 Å². The van der Waals surface area contributed by atoms with Crippen LogP contribution in [0.15, 0.2) is 23.3 Å². The van der Waals surface area contributed by atoms with Gasteiger partial charge in [0.15, 0.2) is 0 Å². The molecule has 0 aliphatic heterocycles. The summed E-state index contributed by atoms with van der Waals surface area (Å²) in [6, 6.07) is 14.4. The molecule has 0 atom stereocenters. The highest BCUT2D eigenvalue weighted by atomic mass is 14.4. The van der Waals surface area contributed by atoms with Crippen LogP contribution in [0.4, 0.5) is 0 Å². The summed E-state index contributed by atoms with van der Waals surface area (Å²) < 4.78 is 0. The number of rotatable bonds is 0. The molecule has 0 radical (unpaired) electrons. The van der Waals surface area contributed by atoms with E-state index in [0.29, 0.717) is 0 Å². The Hall–Kier alpha value is -5.90. The van der Waals surface area contributed by atoms with Gasteiger partial charge in [-0.25, -0.2) is 0 Å². The van der Waals surface area contributed by atoms with Gasteiger partial charge in [-0.15, -0.1) is 0 Å². The largest absolute Gasteiger partial charge is 0.192 e. The number of nitrogens with zero attached hydrogens (tertiary/aromatic N) is 8. The maximum absolute atomic E-state index is 9.92. The van der Waals surface area contributed by atoms with Gasteiger partial charge in [0, 0.05) is 33.4 Å². The molecule has 0 N–H and O–H groups in total. The molecule has 8 nitrogen and oxygen atoms in total. The lowest BCUT2D eigenvalue weighted by Gasteiger charge is -2.15. The summed E-state index contributed by atoms with van der Waals surface area (Å²) >= 11 is 0. The molecule has 0 unspecified atom stereocenters. The Kier molecular flexibility index (Phi) is 4.42. The second-order valence-electron chi connectivity index (χ2n) is 5.84. The first-order valence-electron chi connectivity index (χ1n) is 7.94. The highest BCUT2D eigenvalue weighted by molar-refractivity contribution is 6.13. The highest BCUT2D eigenvalue weighted by Crippen LogP contribution is 2.50. The molecule has 1 aromatic rings. The minimum Gasteiger partial charge on any atom is -0.192 e. The maximum atomic E-state index is 9.92. The minimum absolute atomic E-state index is 0.0115. The lowest BCUT2D eigenvalue weighted by molar-refractivity contribution is 1.37. The third-order valence-corrected chi connectivity index (χ3v) is 4.61. The highest BCUT2D eigenvalue weighted by Gasteiger charge is 2.37. The van der Waals surface area contributed by atoms with Gasteiger partial charge >= 0.3 is 0 Å². The average Bonchev–Trinajstić information content (AvgIpc) is 3.34. The van der Waals surface area contributed by atoms with E-state index in [1.807, 2.05) is 24.3 Å². The molecule has 1 aromatic carbocycles. The first-order chi connectivity index (χ1) is 14.6. The quantitative estimate of drug-likeness (QED) is 0.615. The van der Waals surface area contributed by atoms with Crippen LogP contribution >= 0.6 is 0 Å². The molecule has 0 saturated carbocycles. The lowest BCUT2D eigenvalue weighted by atomic mass is 9.83. The Bertz CT molecular complexity index is 1420. The first-order valence-corrected chi connectivity index (χ1v) is 7.94. The van der Waals surface area contributed by atoms with Gasteiger partial charge in [0.05, 0.1) is 34.4 Å². The zero-order valence-corrected chi connectivity index (χ0v) is 14.7. The van der Waals surface area contributed by atoms with Crippen LogP contribution in [0.3, 0.4) is 0 Å². The van der Waals surface area contributed by atoms with Crippen molar-refractivity contribution in [1.29, 1.82) is 42.1 Å². The standard InChI is InChI=1S/C22H2N8/c23-3-11-1-15(13(5-25)6-26)21-18(10-30)22-16(14(7-27)8-28)2-12(4-24)20(22)17(9-29)19(11)21/h1-2H. The van der Waals surface area contributed by atoms with E-state index in [4.69, 9.17) is 0 Å². The van der Waals surface area contributed by atoms with Crippen LogP contribution in [-0.2, 0) is 0 Å². The first kappa shape index (κ1) is 18.9. The summed E-state index contributed by atoms with van der Waals surface area (Å²) in [7, 11) is 0. The predicted molar refractivity (Wildman–Crippen MR) is 99.3 cm³/mol. The van der Waals surface area contributed by atoms with E-state index in [-0.39, 0.29) is 66.8 Å². The van der Waals surface area contributed by atoms with Crippen molar-refractivity contribution in [3.8, 4) is 48.6 Å². The van der Waals surface area contributed by atoms with E-state index >= 15 is 0 Å². The van der Waals surface area contributed by atoms with Gasteiger partial charge in [0.1, 0.15) is 47.6 Å². The second kappa shape index (κ2) is 7.02. The zero-order valence-electron chi connectivity index (χ0n) is 14.7. The third kappa shape index (κ3) is 2.25. The third-order valence-electron chi connectivity index (χ3n) is 4.61. The van der Waals surface area contributed by atoms with Crippen LogP contribution in [-0.4, -0.2) is 0 Å². The second-order valence-corrected chi connectivity index (χ2v) is 5.84. The fourth-order valence-electron chi connectivity index (χ4n) is 3.49. The van der Waals surface area contributed by atoms with Crippen molar-refractivity contribution < 1.29 is 0 Å². The van der Waals surface area contributed by atoms with E-state index in [1.54, 1.807) is 24.3 Å². The summed E-state index contributed by atoms with van der Waals surface area (Å²) in [5.74, 6) is 0. The maximum Gasteiger partial charge on any atom is 0.137 e. The number of nitriles is 8. The molecule has 30 heavy (non-hydrogen) atoms. The van der Waals surface area contributed by atoms with E-state index in [9.17, 15) is 42.1 Å². The van der Waals surface area contributed by atoms with Crippen LogP contribution in [0.1, 0.15) is 33.4 Å². The Morgan fingerprint density at radius 1 is 0.467 bits per heavy atom. The van der Waals surface area contributed by atoms with E-state index in [0.717, 1.165) is 0 Å². The van der Waals surface area contributed by atoms with Crippen LogP contribution < -0.4 is 0 Å². The van der Waals surface area contributed by atoms with E-state index in [1.165, 1.54) is 12.2 Å². The molecule has 2 aliphatic carbocycles.